The first-order valence-corrected chi connectivity index (χ1v) is 14.3. The summed E-state index contributed by atoms with van der Waals surface area (Å²) >= 11 is 4.26. The Labute approximate surface area is 237 Å². The number of nitrogens with one attached hydrogen (secondary N) is 1. The second-order valence-corrected chi connectivity index (χ2v) is 11.4. The first-order valence-electron chi connectivity index (χ1n) is 12.7. The number of carbonyl (C=O) groups excluding carboxylic acids is 4. The number of fused-ring (bicyclic) bond motifs is 1. The van der Waals surface area contributed by atoms with E-state index < -0.39 is 29.4 Å². The molecule has 1 N–H and O–H groups in total. The van der Waals surface area contributed by atoms with Crippen LogP contribution in [0.3, 0.4) is 0 Å². The second-order valence-electron chi connectivity index (χ2n) is 9.49. The van der Waals surface area contributed by atoms with Crippen LogP contribution in [-0.2, 0) is 20.9 Å². The van der Waals surface area contributed by atoms with Gasteiger partial charge in [-0.1, -0.05) is 28.8 Å². The van der Waals surface area contributed by atoms with Crippen LogP contribution in [0.2, 0.25) is 0 Å². The molecule has 202 valence electrons. The van der Waals surface area contributed by atoms with Gasteiger partial charge in [0.25, 0.3) is 11.1 Å². The summed E-state index contributed by atoms with van der Waals surface area (Å²) in [7, 11) is 0. The van der Waals surface area contributed by atoms with E-state index in [0.717, 1.165) is 70.8 Å². The average Bonchev–Trinajstić information content (AvgIpc) is 3.20. The van der Waals surface area contributed by atoms with E-state index in [2.05, 4.69) is 21.2 Å². The Kier molecular flexibility index (Phi) is 8.18. The lowest BCUT2D eigenvalue weighted by Crippen LogP contribution is -2.36. The highest BCUT2D eigenvalue weighted by Crippen LogP contribution is 2.35. The number of halogens is 2. The quantitative estimate of drug-likeness (QED) is 0.365. The third kappa shape index (κ3) is 6.25. The van der Waals surface area contributed by atoms with Gasteiger partial charge in [0.05, 0.1) is 4.91 Å². The molecule has 2 fully saturated rings. The van der Waals surface area contributed by atoms with Crippen LogP contribution < -0.4 is 5.32 Å². The average molecular weight is 614 g/mol. The SMILES string of the molecule is O=C(CN1C(=O)S/C(=C\c2cn(CC(=O)N3CCCCCC3)c3ccc(Br)cc23)C1=O)Nc1ccc(F)cc1. The number of aromatic nitrogens is 1. The molecule has 5 rings (SSSR count). The van der Waals surface area contributed by atoms with Crippen LogP contribution in [-0.4, -0.2) is 57.0 Å². The van der Waals surface area contributed by atoms with Crippen LogP contribution >= 0.6 is 27.7 Å². The minimum Gasteiger partial charge on any atom is -0.341 e. The molecule has 3 aromatic rings. The van der Waals surface area contributed by atoms with Crippen molar-refractivity contribution < 1.29 is 23.6 Å². The topological polar surface area (TPSA) is 91.7 Å². The molecule has 2 aliphatic heterocycles. The van der Waals surface area contributed by atoms with Crippen LogP contribution in [0, 0.1) is 5.82 Å². The summed E-state index contributed by atoms with van der Waals surface area (Å²) in [5.74, 6) is -1.53. The van der Waals surface area contributed by atoms with E-state index in [0.29, 0.717) is 11.3 Å². The maximum atomic E-state index is 13.1. The summed E-state index contributed by atoms with van der Waals surface area (Å²) in [5, 5.41) is 2.83. The second kappa shape index (κ2) is 11.7. The lowest BCUT2D eigenvalue weighted by atomic mass is 10.1. The summed E-state index contributed by atoms with van der Waals surface area (Å²) in [6, 6.07) is 10.9. The standard InChI is InChI=1S/C28H26BrFN4O4S/c29-19-5-10-23-22(14-19)18(15-33(23)17-26(36)32-11-3-1-2-4-12-32)13-24-27(37)34(28(38)39-24)16-25(35)31-21-8-6-20(30)7-9-21/h5-10,13-15H,1-4,11-12,16-17H2,(H,31,35)/b24-13-. The molecule has 0 radical (unpaired) electrons. The minimum atomic E-state index is -0.573. The molecular formula is C28H26BrFN4O4S. The predicted octanol–water partition coefficient (Wildman–Crippen LogP) is 5.62. The van der Waals surface area contributed by atoms with Crippen molar-refractivity contribution in [3.8, 4) is 0 Å². The number of thioether (sulfide) groups is 1. The third-order valence-corrected chi connectivity index (χ3v) is 8.13. The molecule has 0 saturated carbocycles. The van der Waals surface area contributed by atoms with Crippen molar-refractivity contribution in [2.24, 2.45) is 0 Å². The fourth-order valence-electron chi connectivity index (χ4n) is 4.76. The Hall–Kier alpha value is -3.44. The molecule has 8 nitrogen and oxygen atoms in total. The molecule has 0 atom stereocenters. The monoisotopic (exact) mass is 612 g/mol. The van der Waals surface area contributed by atoms with Gasteiger partial charge < -0.3 is 14.8 Å². The van der Waals surface area contributed by atoms with Crippen LogP contribution in [0.15, 0.2) is 58.0 Å². The molecule has 0 bridgehead atoms. The lowest BCUT2D eigenvalue weighted by molar-refractivity contribution is -0.131. The summed E-state index contributed by atoms with van der Waals surface area (Å²) in [6.45, 7) is 1.24. The highest BCUT2D eigenvalue weighted by molar-refractivity contribution is 9.10. The molecule has 2 aliphatic rings. The van der Waals surface area contributed by atoms with Gasteiger partial charge >= 0.3 is 0 Å². The van der Waals surface area contributed by atoms with Crippen LogP contribution in [0.1, 0.15) is 31.2 Å². The third-order valence-electron chi connectivity index (χ3n) is 6.73. The predicted molar refractivity (Wildman–Crippen MR) is 152 cm³/mol. The Morgan fingerprint density at radius 2 is 1.72 bits per heavy atom. The summed E-state index contributed by atoms with van der Waals surface area (Å²) in [4.78, 5) is 54.2. The molecule has 0 aliphatic carbocycles. The highest BCUT2D eigenvalue weighted by atomic mass is 79.9. The smallest absolute Gasteiger partial charge is 0.294 e. The number of hydrogen-bond acceptors (Lipinski definition) is 5. The van der Waals surface area contributed by atoms with Crippen molar-refractivity contribution in [3.05, 3.63) is 69.4 Å². The normalized spacial score (nSPS) is 17.2. The van der Waals surface area contributed by atoms with Gasteiger partial charge in [0.2, 0.25) is 11.8 Å². The van der Waals surface area contributed by atoms with Gasteiger partial charge in [-0.2, -0.15) is 0 Å². The number of benzene rings is 2. The maximum Gasteiger partial charge on any atom is 0.294 e. The number of nitrogens with zero attached hydrogens (tertiary/aromatic N) is 3. The van der Waals surface area contributed by atoms with Crippen molar-refractivity contribution in [3.63, 3.8) is 0 Å². The molecule has 1 aromatic heterocycles. The molecule has 0 unspecified atom stereocenters. The molecule has 0 spiro atoms. The first-order chi connectivity index (χ1) is 18.8. The van der Waals surface area contributed by atoms with Gasteiger partial charge in [-0.3, -0.25) is 24.1 Å². The molecule has 2 saturated heterocycles. The summed E-state index contributed by atoms with van der Waals surface area (Å²) in [6.07, 6.45) is 7.74. The van der Waals surface area contributed by atoms with Crippen molar-refractivity contribution >= 4 is 73.3 Å². The van der Waals surface area contributed by atoms with Crippen molar-refractivity contribution in [1.82, 2.24) is 14.4 Å². The number of amides is 4. The van der Waals surface area contributed by atoms with Crippen molar-refractivity contribution in [2.75, 3.05) is 25.0 Å². The Morgan fingerprint density at radius 1 is 1.00 bits per heavy atom. The number of carbonyl (C=O) groups is 4. The number of rotatable bonds is 6. The van der Waals surface area contributed by atoms with Gasteiger partial charge in [-0.05, 0) is 73.1 Å². The van der Waals surface area contributed by atoms with E-state index >= 15 is 0 Å². The van der Waals surface area contributed by atoms with Gasteiger partial charge in [0.15, 0.2) is 0 Å². The van der Waals surface area contributed by atoms with Crippen LogP contribution in [0.5, 0.6) is 0 Å². The Balaban J connectivity index is 1.35. The zero-order valence-electron chi connectivity index (χ0n) is 21.0. The zero-order chi connectivity index (χ0) is 27.5. The first kappa shape index (κ1) is 27.1. The highest BCUT2D eigenvalue weighted by Gasteiger charge is 2.36. The Bertz CT molecular complexity index is 1480. The summed E-state index contributed by atoms with van der Waals surface area (Å²) < 4.78 is 15.8. The number of likely N-dealkylation sites (tertiary alicyclic amines) is 1. The molecule has 3 heterocycles. The fourth-order valence-corrected chi connectivity index (χ4v) is 5.95. The van der Waals surface area contributed by atoms with E-state index in [4.69, 9.17) is 0 Å². The van der Waals surface area contributed by atoms with E-state index in [1.165, 1.54) is 24.3 Å². The van der Waals surface area contributed by atoms with Crippen molar-refractivity contribution in [2.45, 2.75) is 32.2 Å². The molecular weight excluding hydrogens is 587 g/mol. The van der Waals surface area contributed by atoms with Crippen LogP contribution in [0.4, 0.5) is 14.9 Å². The van der Waals surface area contributed by atoms with E-state index in [1.54, 1.807) is 6.08 Å². The summed E-state index contributed by atoms with van der Waals surface area (Å²) in [5.41, 5.74) is 1.89. The number of anilines is 1. The van der Waals surface area contributed by atoms with E-state index in [9.17, 15) is 23.6 Å². The lowest BCUT2D eigenvalue weighted by Gasteiger charge is -2.20. The minimum absolute atomic E-state index is 0.0516. The zero-order valence-corrected chi connectivity index (χ0v) is 23.4. The molecule has 39 heavy (non-hydrogen) atoms. The van der Waals surface area contributed by atoms with Gasteiger partial charge in [-0.25, -0.2) is 4.39 Å². The van der Waals surface area contributed by atoms with Gasteiger partial charge in [-0.15, -0.1) is 0 Å². The number of imide groups is 1. The van der Waals surface area contributed by atoms with E-state index in [1.807, 2.05) is 33.9 Å². The maximum absolute atomic E-state index is 13.1. The van der Waals surface area contributed by atoms with Crippen LogP contribution in [0.25, 0.3) is 17.0 Å². The van der Waals surface area contributed by atoms with Gasteiger partial charge in [0, 0.05) is 45.9 Å². The largest absolute Gasteiger partial charge is 0.341 e. The van der Waals surface area contributed by atoms with Crippen molar-refractivity contribution in [1.29, 1.82) is 0 Å². The molecule has 2 aromatic carbocycles. The number of hydrogen-bond donors (Lipinski definition) is 1. The molecule has 11 heteroatoms. The van der Waals surface area contributed by atoms with E-state index in [-0.39, 0.29) is 17.4 Å². The molecule has 4 amide bonds. The fraction of sp³-hybridized carbons (Fsp3) is 0.286. The van der Waals surface area contributed by atoms with Gasteiger partial charge in [0.1, 0.15) is 18.9 Å². The Morgan fingerprint density at radius 3 is 2.44 bits per heavy atom.